The van der Waals surface area contributed by atoms with Crippen molar-refractivity contribution in [3.05, 3.63) is 59.4 Å². The molecule has 1 aromatic carbocycles. The molecule has 1 amide bonds. The van der Waals surface area contributed by atoms with Crippen molar-refractivity contribution in [1.29, 1.82) is 0 Å². The summed E-state index contributed by atoms with van der Waals surface area (Å²) in [5.41, 5.74) is 5.47. The first-order valence-electron chi connectivity index (χ1n) is 10.3. The Morgan fingerprint density at radius 2 is 1.79 bits per heavy atom. The highest BCUT2D eigenvalue weighted by Gasteiger charge is 2.52. The van der Waals surface area contributed by atoms with Crippen LogP contribution in [0.15, 0.2) is 47.6 Å². The van der Waals surface area contributed by atoms with Crippen LogP contribution < -0.4 is 5.43 Å². The summed E-state index contributed by atoms with van der Waals surface area (Å²) < 4.78 is 0. The second-order valence-corrected chi connectivity index (χ2v) is 8.85. The SMILES string of the molecule is O=C(N/N=C/C=C/c1ccccc1)c1cc(C23CC4CC(CC(C4)C2)C3)[nH]n1. The van der Waals surface area contributed by atoms with Gasteiger partial charge in [-0.1, -0.05) is 36.4 Å². The van der Waals surface area contributed by atoms with Gasteiger partial charge in [0.25, 0.3) is 5.91 Å². The zero-order valence-corrected chi connectivity index (χ0v) is 16.0. The van der Waals surface area contributed by atoms with Gasteiger partial charge in [0.2, 0.25) is 0 Å². The average molecular weight is 374 g/mol. The number of H-pyrrole nitrogens is 1. The summed E-state index contributed by atoms with van der Waals surface area (Å²) in [5, 5.41) is 11.5. The largest absolute Gasteiger partial charge is 0.291 e. The van der Waals surface area contributed by atoms with Gasteiger partial charge in [-0.2, -0.15) is 10.2 Å². The van der Waals surface area contributed by atoms with Gasteiger partial charge in [0.15, 0.2) is 5.69 Å². The fourth-order valence-electron chi connectivity index (χ4n) is 6.06. The number of nitrogens with zero attached hydrogens (tertiary/aromatic N) is 2. The topological polar surface area (TPSA) is 70.1 Å². The molecule has 4 fully saturated rings. The Morgan fingerprint density at radius 3 is 2.46 bits per heavy atom. The van der Waals surface area contributed by atoms with Gasteiger partial charge in [0.05, 0.1) is 0 Å². The zero-order valence-electron chi connectivity index (χ0n) is 16.0. The Labute approximate surface area is 165 Å². The summed E-state index contributed by atoms with van der Waals surface area (Å²) in [7, 11) is 0. The lowest BCUT2D eigenvalue weighted by Crippen LogP contribution is -2.48. The molecule has 4 aliphatic carbocycles. The lowest BCUT2D eigenvalue weighted by molar-refractivity contribution is -0.00721. The van der Waals surface area contributed by atoms with Crippen molar-refractivity contribution in [3.63, 3.8) is 0 Å². The minimum Gasteiger partial charge on any atom is -0.281 e. The summed E-state index contributed by atoms with van der Waals surface area (Å²) in [5.74, 6) is 2.34. The van der Waals surface area contributed by atoms with Crippen molar-refractivity contribution in [2.45, 2.75) is 43.9 Å². The van der Waals surface area contributed by atoms with Crippen LogP contribution in [0.1, 0.15) is 60.3 Å². The standard InChI is InChI=1S/C23H26N4O/c28-22(27-24-8-4-7-16-5-2-1-3-6-16)20-12-21(26-25-20)23-13-17-9-18(14-23)11-19(10-17)15-23/h1-8,12,17-19H,9-11,13-15H2,(H,25,26)(H,27,28)/b7-4+,24-8+. The first-order chi connectivity index (χ1) is 13.7. The van der Waals surface area contributed by atoms with Crippen LogP contribution in [-0.2, 0) is 5.41 Å². The van der Waals surface area contributed by atoms with Crippen LogP contribution in [0.25, 0.3) is 6.08 Å². The summed E-state index contributed by atoms with van der Waals surface area (Å²) in [6.07, 6.45) is 13.3. The van der Waals surface area contributed by atoms with Crippen LogP contribution in [0.5, 0.6) is 0 Å². The quantitative estimate of drug-likeness (QED) is 0.605. The first kappa shape index (κ1) is 17.4. The van der Waals surface area contributed by atoms with Gasteiger partial charge in [-0.3, -0.25) is 9.89 Å². The number of hydrogen-bond acceptors (Lipinski definition) is 3. The molecule has 0 spiro atoms. The average Bonchev–Trinajstić information content (AvgIpc) is 3.19. The second-order valence-electron chi connectivity index (χ2n) is 8.85. The van der Waals surface area contributed by atoms with Gasteiger partial charge in [-0.15, -0.1) is 0 Å². The Balaban J connectivity index is 1.22. The number of hydrazone groups is 1. The van der Waals surface area contributed by atoms with Crippen molar-refractivity contribution >= 4 is 18.2 Å². The Hall–Kier alpha value is -2.69. The number of nitrogens with one attached hydrogen (secondary N) is 2. The van der Waals surface area contributed by atoms with Crippen LogP contribution in [0, 0.1) is 17.8 Å². The lowest BCUT2D eigenvalue weighted by Gasteiger charge is -2.56. The molecule has 4 aliphatic rings. The van der Waals surface area contributed by atoms with Crippen LogP contribution in [0.4, 0.5) is 0 Å². The van der Waals surface area contributed by atoms with Crippen molar-refractivity contribution in [1.82, 2.24) is 15.6 Å². The molecular weight excluding hydrogens is 348 g/mol. The monoisotopic (exact) mass is 374 g/mol. The molecule has 0 unspecified atom stereocenters. The van der Waals surface area contributed by atoms with Crippen LogP contribution in [0.2, 0.25) is 0 Å². The Bertz CT molecular complexity index is 876. The summed E-state index contributed by atoms with van der Waals surface area (Å²) in [4.78, 5) is 12.4. The van der Waals surface area contributed by atoms with Gasteiger partial charge in [-0.25, -0.2) is 5.43 Å². The maximum Gasteiger partial charge on any atom is 0.291 e. The van der Waals surface area contributed by atoms with Crippen molar-refractivity contribution in [2.75, 3.05) is 0 Å². The maximum atomic E-state index is 12.4. The van der Waals surface area contributed by atoms with Crippen molar-refractivity contribution in [2.24, 2.45) is 22.9 Å². The number of hydrogen-bond donors (Lipinski definition) is 2. The molecule has 0 radical (unpaired) electrons. The maximum absolute atomic E-state index is 12.4. The van der Waals surface area contributed by atoms with E-state index in [-0.39, 0.29) is 11.3 Å². The number of carbonyl (C=O) groups excluding carboxylic acids is 1. The molecule has 5 nitrogen and oxygen atoms in total. The number of aromatic amines is 1. The highest BCUT2D eigenvalue weighted by Crippen LogP contribution is 2.60. The van der Waals surface area contributed by atoms with Gasteiger partial charge in [0, 0.05) is 17.3 Å². The number of amides is 1. The highest BCUT2D eigenvalue weighted by atomic mass is 16.2. The highest BCUT2D eigenvalue weighted by molar-refractivity contribution is 5.93. The minimum absolute atomic E-state index is 0.224. The summed E-state index contributed by atoms with van der Waals surface area (Å²) in [6, 6.07) is 11.9. The molecular formula is C23H26N4O. The van der Waals surface area contributed by atoms with E-state index in [0.717, 1.165) is 29.0 Å². The molecule has 1 aromatic heterocycles. The number of carbonyl (C=O) groups is 1. The molecule has 6 rings (SSSR count). The van der Waals surface area contributed by atoms with E-state index in [2.05, 4.69) is 20.7 Å². The van der Waals surface area contributed by atoms with Crippen LogP contribution in [0.3, 0.4) is 0 Å². The van der Waals surface area contributed by atoms with E-state index in [9.17, 15) is 4.79 Å². The van der Waals surface area contributed by atoms with Crippen LogP contribution in [-0.4, -0.2) is 22.3 Å². The van der Waals surface area contributed by atoms with E-state index in [1.54, 1.807) is 12.3 Å². The smallest absolute Gasteiger partial charge is 0.281 e. The van der Waals surface area contributed by atoms with Gasteiger partial charge < -0.3 is 0 Å². The number of rotatable bonds is 5. The lowest BCUT2D eigenvalue weighted by atomic mass is 9.49. The fraction of sp³-hybridized carbons (Fsp3) is 0.435. The van der Waals surface area contributed by atoms with E-state index in [0.29, 0.717) is 5.69 Å². The third-order valence-electron chi connectivity index (χ3n) is 6.84. The Morgan fingerprint density at radius 1 is 1.11 bits per heavy atom. The second kappa shape index (κ2) is 7.04. The third-order valence-corrected chi connectivity index (χ3v) is 6.84. The molecule has 0 saturated heterocycles. The summed E-state index contributed by atoms with van der Waals surface area (Å²) in [6.45, 7) is 0. The molecule has 2 N–H and O–H groups in total. The normalized spacial score (nSPS) is 31.1. The van der Waals surface area contributed by atoms with E-state index in [1.807, 2.05) is 42.5 Å². The molecule has 4 saturated carbocycles. The molecule has 144 valence electrons. The Kier molecular flexibility index (Phi) is 4.38. The minimum atomic E-state index is -0.267. The molecule has 5 heteroatoms. The number of allylic oxidation sites excluding steroid dienone is 1. The van der Waals surface area contributed by atoms with Crippen molar-refractivity contribution in [3.8, 4) is 0 Å². The molecule has 4 bridgehead atoms. The molecule has 1 heterocycles. The van der Waals surface area contributed by atoms with Gasteiger partial charge >= 0.3 is 0 Å². The molecule has 0 aliphatic heterocycles. The number of benzene rings is 1. The predicted octanol–water partition coefficient (Wildman–Crippen LogP) is 4.31. The third kappa shape index (κ3) is 3.30. The zero-order chi connectivity index (χ0) is 19.0. The number of aromatic nitrogens is 2. The fourth-order valence-corrected chi connectivity index (χ4v) is 6.06. The van der Waals surface area contributed by atoms with Crippen LogP contribution >= 0.6 is 0 Å². The van der Waals surface area contributed by atoms with E-state index < -0.39 is 0 Å². The van der Waals surface area contributed by atoms with E-state index >= 15 is 0 Å². The summed E-state index contributed by atoms with van der Waals surface area (Å²) >= 11 is 0. The predicted molar refractivity (Wildman–Crippen MR) is 110 cm³/mol. The van der Waals surface area contributed by atoms with Crippen molar-refractivity contribution < 1.29 is 4.79 Å². The first-order valence-corrected chi connectivity index (χ1v) is 10.3. The van der Waals surface area contributed by atoms with Gasteiger partial charge in [0.1, 0.15) is 0 Å². The van der Waals surface area contributed by atoms with E-state index in [1.165, 1.54) is 38.5 Å². The molecule has 2 aromatic rings. The van der Waals surface area contributed by atoms with E-state index in [4.69, 9.17) is 0 Å². The van der Waals surface area contributed by atoms with Gasteiger partial charge in [-0.05, 0) is 74.0 Å². The molecule has 28 heavy (non-hydrogen) atoms. The molecule has 0 atom stereocenters.